The van der Waals surface area contributed by atoms with E-state index in [0.717, 1.165) is 11.8 Å². The monoisotopic (exact) mass is 240 g/mol. The Bertz CT molecular complexity index is 709. The van der Waals surface area contributed by atoms with Crippen LogP contribution in [-0.4, -0.2) is 16.0 Å². The fraction of sp³-hybridized carbons (Fsp3) is 0.143. The molecule has 0 amide bonds. The zero-order valence-corrected chi connectivity index (χ0v) is 9.96. The number of benzene rings is 1. The molecular weight excluding hydrogens is 228 g/mol. The second-order valence-electron chi connectivity index (χ2n) is 4.28. The van der Waals surface area contributed by atoms with Gasteiger partial charge in [0.15, 0.2) is 12.0 Å². The predicted octanol–water partition coefficient (Wildman–Crippen LogP) is 2.57. The Morgan fingerprint density at radius 1 is 1.39 bits per heavy atom. The molecule has 0 saturated heterocycles. The van der Waals surface area contributed by atoms with E-state index in [9.17, 15) is 4.79 Å². The van der Waals surface area contributed by atoms with Crippen LogP contribution in [0.1, 0.15) is 21.7 Å². The number of para-hydroxylation sites is 1. The molecule has 4 heteroatoms. The molecule has 0 unspecified atom stereocenters. The molecule has 18 heavy (non-hydrogen) atoms. The molecule has 0 radical (unpaired) electrons. The van der Waals surface area contributed by atoms with E-state index in [2.05, 4.69) is 28.1 Å². The highest BCUT2D eigenvalue weighted by Gasteiger charge is 2.12. The van der Waals surface area contributed by atoms with Gasteiger partial charge in [0.1, 0.15) is 0 Å². The molecule has 0 atom stereocenters. The lowest BCUT2D eigenvalue weighted by Gasteiger charge is -1.96. The Morgan fingerprint density at radius 3 is 3.06 bits per heavy atom. The SMILES string of the molecule is Cn1cc(Cc2oncc2C=O)c2ccccc21. The summed E-state index contributed by atoms with van der Waals surface area (Å²) in [7, 11) is 2.01. The van der Waals surface area contributed by atoms with E-state index in [0.29, 0.717) is 17.7 Å². The molecule has 2 aromatic heterocycles. The largest absolute Gasteiger partial charge is 0.360 e. The van der Waals surface area contributed by atoms with E-state index in [1.165, 1.54) is 17.1 Å². The van der Waals surface area contributed by atoms with Crippen LogP contribution in [-0.2, 0) is 13.5 Å². The van der Waals surface area contributed by atoms with Crippen LogP contribution in [0.15, 0.2) is 41.2 Å². The van der Waals surface area contributed by atoms with Crippen LogP contribution in [0.25, 0.3) is 10.9 Å². The molecule has 0 fully saturated rings. The summed E-state index contributed by atoms with van der Waals surface area (Å²) in [6, 6.07) is 8.16. The number of hydrogen-bond donors (Lipinski definition) is 0. The number of aromatic nitrogens is 2. The number of carbonyl (C=O) groups is 1. The molecule has 0 aliphatic rings. The van der Waals surface area contributed by atoms with E-state index >= 15 is 0 Å². The average molecular weight is 240 g/mol. The summed E-state index contributed by atoms with van der Waals surface area (Å²) in [5, 5.41) is 4.84. The number of rotatable bonds is 3. The number of carbonyl (C=O) groups excluding carboxylic acids is 1. The molecule has 1 aromatic carbocycles. The smallest absolute Gasteiger partial charge is 0.155 e. The zero-order chi connectivity index (χ0) is 12.5. The molecule has 4 nitrogen and oxygen atoms in total. The van der Waals surface area contributed by atoms with Crippen molar-refractivity contribution in [3.63, 3.8) is 0 Å². The number of aryl methyl sites for hydroxylation is 1. The second kappa shape index (κ2) is 4.14. The van der Waals surface area contributed by atoms with Crippen LogP contribution in [0.3, 0.4) is 0 Å². The van der Waals surface area contributed by atoms with Crippen molar-refractivity contribution in [2.75, 3.05) is 0 Å². The van der Waals surface area contributed by atoms with Crippen molar-refractivity contribution in [2.24, 2.45) is 7.05 Å². The molecule has 0 aliphatic heterocycles. The molecule has 3 rings (SSSR count). The van der Waals surface area contributed by atoms with Gasteiger partial charge in [0, 0.05) is 30.6 Å². The van der Waals surface area contributed by atoms with E-state index in [1.54, 1.807) is 0 Å². The third kappa shape index (κ3) is 1.62. The van der Waals surface area contributed by atoms with Crippen molar-refractivity contribution in [1.29, 1.82) is 0 Å². The first kappa shape index (κ1) is 10.8. The molecule has 0 spiro atoms. The standard InChI is InChI=1S/C14H12N2O2/c1-16-8-10(12-4-2-3-5-13(12)16)6-14-11(9-17)7-15-18-14/h2-5,7-9H,6H2,1H3. The third-order valence-electron chi connectivity index (χ3n) is 3.13. The van der Waals surface area contributed by atoms with Crippen LogP contribution >= 0.6 is 0 Å². The Kier molecular flexibility index (Phi) is 2.48. The molecular formula is C14H12N2O2. The first-order valence-electron chi connectivity index (χ1n) is 5.71. The maximum absolute atomic E-state index is 10.8. The van der Waals surface area contributed by atoms with Crippen molar-refractivity contribution in [3.8, 4) is 0 Å². The first-order chi connectivity index (χ1) is 8.79. The highest BCUT2D eigenvalue weighted by atomic mass is 16.5. The summed E-state index contributed by atoms with van der Waals surface area (Å²) in [4.78, 5) is 10.8. The number of nitrogens with zero attached hydrogens (tertiary/aromatic N) is 2. The number of hydrogen-bond acceptors (Lipinski definition) is 3. The summed E-state index contributed by atoms with van der Waals surface area (Å²) in [5.74, 6) is 0.612. The fourth-order valence-corrected chi connectivity index (χ4v) is 2.24. The molecule has 2 heterocycles. The summed E-state index contributed by atoms with van der Waals surface area (Å²) >= 11 is 0. The molecule has 0 N–H and O–H groups in total. The van der Waals surface area contributed by atoms with Gasteiger partial charge in [0.25, 0.3) is 0 Å². The van der Waals surface area contributed by atoms with Crippen molar-refractivity contribution in [2.45, 2.75) is 6.42 Å². The maximum atomic E-state index is 10.8. The molecule has 0 saturated carbocycles. The lowest BCUT2D eigenvalue weighted by molar-refractivity contribution is 0.112. The number of fused-ring (bicyclic) bond motifs is 1. The third-order valence-corrected chi connectivity index (χ3v) is 3.13. The van der Waals surface area contributed by atoms with Gasteiger partial charge in [-0.1, -0.05) is 23.4 Å². The maximum Gasteiger partial charge on any atom is 0.155 e. The molecule has 0 aliphatic carbocycles. The predicted molar refractivity (Wildman–Crippen MR) is 67.6 cm³/mol. The topological polar surface area (TPSA) is 48.0 Å². The van der Waals surface area contributed by atoms with Crippen molar-refractivity contribution < 1.29 is 9.32 Å². The zero-order valence-electron chi connectivity index (χ0n) is 9.96. The Morgan fingerprint density at radius 2 is 2.22 bits per heavy atom. The summed E-state index contributed by atoms with van der Waals surface area (Å²) < 4.78 is 7.20. The summed E-state index contributed by atoms with van der Waals surface area (Å²) in [5.41, 5.74) is 2.82. The van der Waals surface area contributed by atoms with Crippen LogP contribution in [0.4, 0.5) is 0 Å². The van der Waals surface area contributed by atoms with Crippen LogP contribution in [0.2, 0.25) is 0 Å². The lowest BCUT2D eigenvalue weighted by atomic mass is 10.1. The number of aldehydes is 1. The van der Waals surface area contributed by atoms with Gasteiger partial charge in [0.05, 0.1) is 11.8 Å². The van der Waals surface area contributed by atoms with Crippen LogP contribution in [0.5, 0.6) is 0 Å². The lowest BCUT2D eigenvalue weighted by Crippen LogP contribution is -1.89. The minimum absolute atomic E-state index is 0.517. The van der Waals surface area contributed by atoms with Crippen molar-refractivity contribution >= 4 is 17.2 Å². The van der Waals surface area contributed by atoms with Crippen LogP contribution < -0.4 is 0 Å². The van der Waals surface area contributed by atoms with Gasteiger partial charge in [-0.25, -0.2) is 0 Å². The van der Waals surface area contributed by atoms with Gasteiger partial charge < -0.3 is 9.09 Å². The second-order valence-corrected chi connectivity index (χ2v) is 4.28. The van der Waals surface area contributed by atoms with Gasteiger partial charge in [-0.2, -0.15) is 0 Å². The van der Waals surface area contributed by atoms with Crippen molar-refractivity contribution in [1.82, 2.24) is 9.72 Å². The molecule has 0 bridgehead atoms. The average Bonchev–Trinajstić information content (AvgIpc) is 2.96. The normalized spacial score (nSPS) is 10.9. The van der Waals surface area contributed by atoms with E-state index < -0.39 is 0 Å². The minimum atomic E-state index is 0.517. The first-order valence-corrected chi connectivity index (χ1v) is 5.71. The van der Waals surface area contributed by atoms with E-state index in [-0.39, 0.29) is 0 Å². The summed E-state index contributed by atoms with van der Waals surface area (Å²) in [6.07, 6.45) is 4.86. The van der Waals surface area contributed by atoms with Crippen molar-refractivity contribution in [3.05, 3.63) is 53.5 Å². The molecule has 90 valence electrons. The van der Waals surface area contributed by atoms with E-state index in [1.807, 2.05) is 19.2 Å². The molecule has 3 aromatic rings. The Balaban J connectivity index is 2.08. The minimum Gasteiger partial charge on any atom is -0.360 e. The van der Waals surface area contributed by atoms with Crippen LogP contribution in [0, 0.1) is 0 Å². The Hall–Kier alpha value is -2.36. The van der Waals surface area contributed by atoms with Gasteiger partial charge in [-0.05, 0) is 11.6 Å². The highest BCUT2D eigenvalue weighted by molar-refractivity contribution is 5.84. The highest BCUT2D eigenvalue weighted by Crippen LogP contribution is 2.23. The van der Waals surface area contributed by atoms with Gasteiger partial charge in [0.2, 0.25) is 0 Å². The fourth-order valence-electron chi connectivity index (χ4n) is 2.24. The van der Waals surface area contributed by atoms with Gasteiger partial charge in [-0.15, -0.1) is 0 Å². The van der Waals surface area contributed by atoms with E-state index in [4.69, 9.17) is 4.52 Å². The summed E-state index contributed by atoms with van der Waals surface area (Å²) in [6.45, 7) is 0. The van der Waals surface area contributed by atoms with Gasteiger partial charge >= 0.3 is 0 Å². The Labute approximate surface area is 104 Å². The van der Waals surface area contributed by atoms with Gasteiger partial charge in [-0.3, -0.25) is 4.79 Å². The quantitative estimate of drug-likeness (QED) is 0.661.